The first-order valence-electron chi connectivity index (χ1n) is 5.62. The molecule has 1 heterocycles. The van der Waals surface area contributed by atoms with E-state index in [0.717, 1.165) is 18.5 Å². The summed E-state index contributed by atoms with van der Waals surface area (Å²) in [6, 6.07) is 3.90. The quantitative estimate of drug-likeness (QED) is 0.747. The van der Waals surface area contributed by atoms with Gasteiger partial charge in [0.05, 0.1) is 4.47 Å². The maximum atomic E-state index is 13.4. The number of benzene rings is 1. The molecule has 0 saturated heterocycles. The van der Waals surface area contributed by atoms with E-state index in [1.807, 2.05) is 6.07 Å². The number of anilines is 1. The van der Waals surface area contributed by atoms with Gasteiger partial charge in [-0.3, -0.25) is 0 Å². The molecule has 1 aliphatic heterocycles. The first kappa shape index (κ1) is 11.9. The topological polar surface area (TPSA) is 12.0 Å². The molecule has 1 N–H and O–H groups in total. The van der Waals surface area contributed by atoms with Crippen LogP contribution in [0.1, 0.15) is 32.8 Å². The van der Waals surface area contributed by atoms with Gasteiger partial charge in [-0.25, -0.2) is 4.39 Å². The number of nitrogens with one attached hydrogen (secondary N) is 1. The van der Waals surface area contributed by atoms with Crippen molar-refractivity contribution >= 4 is 21.6 Å². The molecular formula is C13H17BrFN. The molecule has 0 radical (unpaired) electrons. The van der Waals surface area contributed by atoms with Gasteiger partial charge in [0.25, 0.3) is 0 Å². The van der Waals surface area contributed by atoms with E-state index in [9.17, 15) is 4.39 Å². The van der Waals surface area contributed by atoms with Gasteiger partial charge in [0, 0.05) is 11.7 Å². The van der Waals surface area contributed by atoms with Crippen LogP contribution in [0.4, 0.5) is 10.1 Å². The minimum absolute atomic E-state index is 0.194. The van der Waals surface area contributed by atoms with Crippen LogP contribution in [0.15, 0.2) is 16.6 Å². The Morgan fingerprint density at radius 3 is 2.69 bits per heavy atom. The van der Waals surface area contributed by atoms with Gasteiger partial charge in [0.1, 0.15) is 5.82 Å². The third kappa shape index (κ3) is 2.24. The second-order valence-electron chi connectivity index (χ2n) is 5.53. The third-order valence-electron chi connectivity index (χ3n) is 3.22. The summed E-state index contributed by atoms with van der Waals surface area (Å²) < 4.78 is 14.0. The Balaban J connectivity index is 2.31. The molecule has 1 unspecified atom stereocenters. The van der Waals surface area contributed by atoms with Crippen molar-refractivity contribution in [1.82, 2.24) is 0 Å². The van der Waals surface area contributed by atoms with Gasteiger partial charge >= 0.3 is 0 Å². The number of hydrogen-bond acceptors (Lipinski definition) is 1. The summed E-state index contributed by atoms with van der Waals surface area (Å²) in [5.41, 5.74) is 2.36. The summed E-state index contributed by atoms with van der Waals surface area (Å²) in [5, 5.41) is 3.44. The molecule has 88 valence electrons. The van der Waals surface area contributed by atoms with Crippen LogP contribution in [0.25, 0.3) is 0 Å². The van der Waals surface area contributed by atoms with Crippen molar-refractivity contribution in [2.75, 3.05) is 5.32 Å². The Kier molecular flexibility index (Phi) is 2.99. The SMILES string of the molecule is CC(C)(C)C1CCc2cc(Br)c(F)cc2N1. The second kappa shape index (κ2) is 4.02. The summed E-state index contributed by atoms with van der Waals surface area (Å²) in [5.74, 6) is -0.194. The van der Waals surface area contributed by atoms with Gasteiger partial charge in [-0.2, -0.15) is 0 Å². The summed E-state index contributed by atoms with van der Waals surface area (Å²) in [7, 11) is 0. The molecule has 0 aromatic heterocycles. The third-order valence-corrected chi connectivity index (χ3v) is 3.83. The zero-order valence-corrected chi connectivity index (χ0v) is 11.5. The molecular weight excluding hydrogens is 269 g/mol. The Hall–Kier alpha value is -0.570. The zero-order chi connectivity index (χ0) is 11.9. The van der Waals surface area contributed by atoms with Crippen LogP contribution >= 0.6 is 15.9 Å². The van der Waals surface area contributed by atoms with E-state index < -0.39 is 0 Å². The summed E-state index contributed by atoms with van der Waals surface area (Å²) >= 11 is 3.23. The molecule has 1 atom stereocenters. The van der Waals surface area contributed by atoms with Crippen molar-refractivity contribution in [2.24, 2.45) is 5.41 Å². The molecule has 16 heavy (non-hydrogen) atoms. The average molecular weight is 286 g/mol. The highest BCUT2D eigenvalue weighted by Crippen LogP contribution is 2.35. The first-order valence-corrected chi connectivity index (χ1v) is 6.41. The summed E-state index contributed by atoms with van der Waals surface area (Å²) in [6.07, 6.45) is 2.12. The monoisotopic (exact) mass is 285 g/mol. The van der Waals surface area contributed by atoms with E-state index in [1.165, 1.54) is 5.56 Å². The summed E-state index contributed by atoms with van der Waals surface area (Å²) in [4.78, 5) is 0. The number of halogens is 2. The first-order chi connectivity index (χ1) is 7.38. The number of rotatable bonds is 0. The van der Waals surface area contributed by atoms with E-state index in [0.29, 0.717) is 10.5 Å². The molecule has 0 saturated carbocycles. The van der Waals surface area contributed by atoms with Crippen molar-refractivity contribution in [3.8, 4) is 0 Å². The van der Waals surface area contributed by atoms with Crippen LogP contribution < -0.4 is 5.32 Å². The Labute approximate surface area is 105 Å². The molecule has 1 aromatic rings. The van der Waals surface area contributed by atoms with Gasteiger partial charge in [0.2, 0.25) is 0 Å². The summed E-state index contributed by atoms with van der Waals surface area (Å²) in [6.45, 7) is 6.64. The molecule has 0 aliphatic carbocycles. The minimum atomic E-state index is -0.194. The molecule has 0 fully saturated rings. The molecule has 0 bridgehead atoms. The fourth-order valence-corrected chi connectivity index (χ4v) is 2.53. The molecule has 1 nitrogen and oxygen atoms in total. The number of hydrogen-bond donors (Lipinski definition) is 1. The predicted molar refractivity (Wildman–Crippen MR) is 69.3 cm³/mol. The molecule has 0 amide bonds. The molecule has 1 aliphatic rings. The molecule has 3 heteroatoms. The maximum Gasteiger partial charge on any atom is 0.139 e. The van der Waals surface area contributed by atoms with Crippen LogP contribution in [-0.2, 0) is 6.42 Å². The predicted octanol–water partition coefficient (Wildman–Crippen LogP) is 4.36. The van der Waals surface area contributed by atoms with Gasteiger partial charge in [-0.15, -0.1) is 0 Å². The van der Waals surface area contributed by atoms with Crippen LogP contribution in [0.2, 0.25) is 0 Å². The van der Waals surface area contributed by atoms with E-state index in [2.05, 4.69) is 42.0 Å². The lowest BCUT2D eigenvalue weighted by Crippen LogP contribution is -2.37. The highest BCUT2D eigenvalue weighted by molar-refractivity contribution is 9.10. The van der Waals surface area contributed by atoms with E-state index in [1.54, 1.807) is 6.07 Å². The number of fused-ring (bicyclic) bond motifs is 1. The van der Waals surface area contributed by atoms with Crippen molar-refractivity contribution in [1.29, 1.82) is 0 Å². The van der Waals surface area contributed by atoms with Crippen LogP contribution in [0.3, 0.4) is 0 Å². The molecule has 0 spiro atoms. The zero-order valence-electron chi connectivity index (χ0n) is 9.90. The Morgan fingerprint density at radius 2 is 2.06 bits per heavy atom. The standard InChI is InChI=1S/C13H17BrFN/c1-13(2,3)12-5-4-8-6-9(14)10(15)7-11(8)16-12/h6-7,12,16H,4-5H2,1-3H3. The van der Waals surface area contributed by atoms with Crippen molar-refractivity contribution in [2.45, 2.75) is 39.7 Å². The van der Waals surface area contributed by atoms with Crippen LogP contribution in [-0.4, -0.2) is 6.04 Å². The highest BCUT2D eigenvalue weighted by atomic mass is 79.9. The van der Waals surface area contributed by atoms with E-state index in [-0.39, 0.29) is 11.2 Å². The average Bonchev–Trinajstić information content (AvgIpc) is 2.17. The fourth-order valence-electron chi connectivity index (χ4n) is 2.14. The normalized spacial score (nSPS) is 20.2. The van der Waals surface area contributed by atoms with Crippen LogP contribution in [0.5, 0.6) is 0 Å². The van der Waals surface area contributed by atoms with Gasteiger partial charge in [-0.1, -0.05) is 20.8 Å². The van der Waals surface area contributed by atoms with Crippen molar-refractivity contribution in [3.05, 3.63) is 28.0 Å². The Morgan fingerprint density at radius 1 is 1.38 bits per heavy atom. The molecule has 2 rings (SSSR count). The van der Waals surface area contributed by atoms with Gasteiger partial charge < -0.3 is 5.32 Å². The lowest BCUT2D eigenvalue weighted by molar-refractivity contribution is 0.320. The highest BCUT2D eigenvalue weighted by Gasteiger charge is 2.28. The second-order valence-corrected chi connectivity index (χ2v) is 6.38. The van der Waals surface area contributed by atoms with Crippen molar-refractivity contribution in [3.63, 3.8) is 0 Å². The lowest BCUT2D eigenvalue weighted by Gasteiger charge is -2.36. The van der Waals surface area contributed by atoms with Crippen molar-refractivity contribution < 1.29 is 4.39 Å². The minimum Gasteiger partial charge on any atom is -0.381 e. The van der Waals surface area contributed by atoms with Gasteiger partial charge in [-0.05, 0) is 51.9 Å². The maximum absolute atomic E-state index is 13.4. The Bertz CT molecular complexity index is 409. The lowest BCUT2D eigenvalue weighted by atomic mass is 9.81. The fraction of sp³-hybridized carbons (Fsp3) is 0.538. The molecule has 1 aromatic carbocycles. The van der Waals surface area contributed by atoms with E-state index in [4.69, 9.17) is 0 Å². The van der Waals surface area contributed by atoms with Gasteiger partial charge in [0.15, 0.2) is 0 Å². The smallest absolute Gasteiger partial charge is 0.139 e. The largest absolute Gasteiger partial charge is 0.381 e. The van der Waals surface area contributed by atoms with Crippen LogP contribution in [0, 0.1) is 11.2 Å². The number of aryl methyl sites for hydroxylation is 1. The van der Waals surface area contributed by atoms with E-state index >= 15 is 0 Å².